The summed E-state index contributed by atoms with van der Waals surface area (Å²) in [5.74, 6) is 0. The molecule has 0 bridgehead atoms. The molecule has 0 aromatic rings. The predicted octanol–water partition coefficient (Wildman–Crippen LogP) is 3.57. The van der Waals surface area contributed by atoms with Gasteiger partial charge in [-0.15, -0.1) is 0 Å². The molecule has 0 atom stereocenters. The van der Waals surface area contributed by atoms with Crippen LogP contribution in [0.3, 0.4) is 0 Å². The van der Waals surface area contributed by atoms with E-state index in [4.69, 9.17) is 5.26 Å². The van der Waals surface area contributed by atoms with Crippen LogP contribution in [0.4, 0.5) is 0 Å². The lowest BCUT2D eigenvalue weighted by molar-refractivity contribution is 0.875. The highest BCUT2D eigenvalue weighted by Gasteiger charge is 2.08. The van der Waals surface area contributed by atoms with Crippen LogP contribution in [-0.4, -0.2) is 8.07 Å². The molecular formula is C10H19NSi. The SMILES string of the molecule is C[Si](C)(C)C/C=C\CCCC#N. The number of nitrogens with zero attached hydrogens (tertiary/aromatic N) is 1. The van der Waals surface area contributed by atoms with Crippen molar-refractivity contribution in [3.63, 3.8) is 0 Å². The highest BCUT2D eigenvalue weighted by Crippen LogP contribution is 2.09. The van der Waals surface area contributed by atoms with Gasteiger partial charge in [-0.05, 0) is 18.9 Å². The highest BCUT2D eigenvalue weighted by molar-refractivity contribution is 6.76. The molecule has 0 radical (unpaired) electrons. The molecule has 0 aromatic heterocycles. The van der Waals surface area contributed by atoms with E-state index in [1.54, 1.807) is 0 Å². The van der Waals surface area contributed by atoms with Crippen molar-refractivity contribution in [2.24, 2.45) is 0 Å². The van der Waals surface area contributed by atoms with Crippen LogP contribution in [0.25, 0.3) is 0 Å². The zero-order chi connectivity index (χ0) is 9.45. The van der Waals surface area contributed by atoms with Gasteiger partial charge < -0.3 is 0 Å². The Morgan fingerprint density at radius 1 is 1.25 bits per heavy atom. The summed E-state index contributed by atoms with van der Waals surface area (Å²) in [4.78, 5) is 0. The van der Waals surface area contributed by atoms with E-state index in [2.05, 4.69) is 37.9 Å². The van der Waals surface area contributed by atoms with Crippen LogP contribution in [-0.2, 0) is 0 Å². The van der Waals surface area contributed by atoms with Crippen molar-refractivity contribution in [3.8, 4) is 6.07 Å². The number of unbranched alkanes of at least 4 members (excludes halogenated alkanes) is 2. The van der Waals surface area contributed by atoms with Gasteiger partial charge in [-0.2, -0.15) is 5.26 Å². The Balaban J connectivity index is 3.33. The Hall–Kier alpha value is -0.553. The highest BCUT2D eigenvalue weighted by atomic mass is 28.3. The normalized spacial score (nSPS) is 11.8. The first-order valence-corrected chi connectivity index (χ1v) is 8.29. The molecule has 0 N–H and O–H groups in total. The molecule has 68 valence electrons. The number of rotatable bonds is 5. The van der Waals surface area contributed by atoms with E-state index in [1.165, 1.54) is 6.04 Å². The summed E-state index contributed by atoms with van der Waals surface area (Å²) >= 11 is 0. The molecule has 2 heteroatoms. The molecule has 0 aliphatic heterocycles. The van der Waals surface area contributed by atoms with E-state index in [0.717, 1.165) is 12.8 Å². The second-order valence-electron chi connectivity index (χ2n) is 4.29. The maximum absolute atomic E-state index is 8.28. The van der Waals surface area contributed by atoms with Crippen molar-refractivity contribution in [1.82, 2.24) is 0 Å². The Bertz CT molecular complexity index is 171. The van der Waals surface area contributed by atoms with E-state index >= 15 is 0 Å². The fraction of sp³-hybridized carbons (Fsp3) is 0.700. The fourth-order valence-corrected chi connectivity index (χ4v) is 1.73. The van der Waals surface area contributed by atoms with Crippen LogP contribution in [0.5, 0.6) is 0 Å². The van der Waals surface area contributed by atoms with E-state index < -0.39 is 8.07 Å². The van der Waals surface area contributed by atoms with Crippen LogP contribution < -0.4 is 0 Å². The minimum absolute atomic E-state index is 0.692. The Kier molecular flexibility index (Phi) is 5.74. The molecule has 0 aromatic carbocycles. The van der Waals surface area contributed by atoms with E-state index in [9.17, 15) is 0 Å². The van der Waals surface area contributed by atoms with E-state index in [0.29, 0.717) is 6.42 Å². The molecule has 0 fully saturated rings. The number of allylic oxidation sites excluding steroid dienone is 2. The monoisotopic (exact) mass is 181 g/mol. The Morgan fingerprint density at radius 2 is 1.92 bits per heavy atom. The average molecular weight is 181 g/mol. The van der Waals surface area contributed by atoms with Crippen molar-refractivity contribution in [2.75, 3.05) is 0 Å². The minimum atomic E-state index is -0.878. The number of nitriles is 1. The summed E-state index contributed by atoms with van der Waals surface area (Å²) in [6.07, 6.45) is 7.27. The molecule has 12 heavy (non-hydrogen) atoms. The Morgan fingerprint density at radius 3 is 2.42 bits per heavy atom. The second-order valence-corrected chi connectivity index (χ2v) is 9.82. The predicted molar refractivity (Wildman–Crippen MR) is 56.8 cm³/mol. The average Bonchev–Trinajstić information content (AvgIpc) is 1.94. The van der Waals surface area contributed by atoms with Crippen molar-refractivity contribution in [2.45, 2.75) is 44.9 Å². The van der Waals surface area contributed by atoms with Gasteiger partial charge >= 0.3 is 0 Å². The summed E-state index contributed by atoms with van der Waals surface area (Å²) in [6.45, 7) is 7.10. The van der Waals surface area contributed by atoms with Crippen LogP contribution in [0, 0.1) is 11.3 Å². The third-order valence-corrected chi connectivity index (χ3v) is 3.02. The molecule has 0 rings (SSSR count). The first-order chi connectivity index (χ1) is 5.56. The zero-order valence-corrected chi connectivity index (χ0v) is 9.43. The molecule has 0 aliphatic carbocycles. The van der Waals surface area contributed by atoms with Crippen LogP contribution in [0.15, 0.2) is 12.2 Å². The standard InChI is InChI=1S/C10H19NSi/c1-12(2,3)10-8-6-4-5-7-9-11/h6,8H,4-5,7,10H2,1-3H3/b8-6-. The second kappa shape index (κ2) is 6.02. The third-order valence-electron chi connectivity index (χ3n) is 1.56. The lowest BCUT2D eigenvalue weighted by Gasteiger charge is -2.11. The van der Waals surface area contributed by atoms with Gasteiger partial charge in [0.2, 0.25) is 0 Å². The topological polar surface area (TPSA) is 23.8 Å². The van der Waals surface area contributed by atoms with Crippen LogP contribution in [0.1, 0.15) is 19.3 Å². The molecule has 0 aliphatic rings. The summed E-state index contributed by atoms with van der Waals surface area (Å²) in [7, 11) is -0.878. The van der Waals surface area contributed by atoms with Crippen molar-refractivity contribution >= 4 is 8.07 Å². The smallest absolute Gasteiger partial charge is 0.0621 e. The summed E-state index contributed by atoms with van der Waals surface area (Å²) in [5, 5.41) is 8.28. The maximum Gasteiger partial charge on any atom is 0.0621 e. The zero-order valence-electron chi connectivity index (χ0n) is 8.43. The summed E-state index contributed by atoms with van der Waals surface area (Å²) in [5.41, 5.74) is 0. The van der Waals surface area contributed by atoms with Crippen molar-refractivity contribution < 1.29 is 0 Å². The summed E-state index contributed by atoms with van der Waals surface area (Å²) in [6, 6.07) is 3.41. The molecule has 0 heterocycles. The largest absolute Gasteiger partial charge is 0.198 e. The molecule has 0 amide bonds. The first-order valence-electron chi connectivity index (χ1n) is 4.58. The van der Waals surface area contributed by atoms with Crippen LogP contribution in [0.2, 0.25) is 25.7 Å². The molecule has 1 nitrogen and oxygen atoms in total. The van der Waals surface area contributed by atoms with Crippen LogP contribution >= 0.6 is 0 Å². The van der Waals surface area contributed by atoms with Gasteiger partial charge in [0, 0.05) is 14.5 Å². The van der Waals surface area contributed by atoms with Gasteiger partial charge in [0.25, 0.3) is 0 Å². The first kappa shape index (κ1) is 11.4. The molecule has 0 saturated carbocycles. The third kappa shape index (κ3) is 9.45. The fourth-order valence-electron chi connectivity index (χ4n) is 0.854. The van der Waals surface area contributed by atoms with E-state index in [-0.39, 0.29) is 0 Å². The lowest BCUT2D eigenvalue weighted by Crippen LogP contribution is -2.17. The van der Waals surface area contributed by atoms with Gasteiger partial charge in [-0.3, -0.25) is 0 Å². The maximum atomic E-state index is 8.28. The van der Waals surface area contributed by atoms with Crippen molar-refractivity contribution in [1.29, 1.82) is 5.26 Å². The molecule has 0 spiro atoms. The molecule has 0 saturated heterocycles. The van der Waals surface area contributed by atoms with Gasteiger partial charge in [0.15, 0.2) is 0 Å². The quantitative estimate of drug-likeness (QED) is 0.361. The van der Waals surface area contributed by atoms with Crippen molar-refractivity contribution in [3.05, 3.63) is 12.2 Å². The summed E-state index contributed by atoms with van der Waals surface area (Å²) < 4.78 is 0. The number of hydrogen-bond acceptors (Lipinski definition) is 1. The Labute approximate surface area is 77.1 Å². The van der Waals surface area contributed by atoms with Gasteiger partial charge in [0.1, 0.15) is 0 Å². The van der Waals surface area contributed by atoms with Gasteiger partial charge in [0.05, 0.1) is 6.07 Å². The van der Waals surface area contributed by atoms with Gasteiger partial charge in [-0.1, -0.05) is 31.8 Å². The van der Waals surface area contributed by atoms with Gasteiger partial charge in [-0.25, -0.2) is 0 Å². The minimum Gasteiger partial charge on any atom is -0.198 e. The lowest BCUT2D eigenvalue weighted by atomic mass is 10.2. The van der Waals surface area contributed by atoms with E-state index in [1.807, 2.05) is 0 Å². The number of hydrogen-bond donors (Lipinski definition) is 0. The molecule has 0 unspecified atom stereocenters. The molecular weight excluding hydrogens is 162 g/mol.